The van der Waals surface area contributed by atoms with Crippen molar-refractivity contribution in [2.24, 2.45) is 0 Å². The molecule has 0 rings (SSSR count). The van der Waals surface area contributed by atoms with Crippen LogP contribution < -0.4 is 0 Å². The molecule has 16 heavy (non-hydrogen) atoms. The average molecular weight is 225 g/mol. The van der Waals surface area contributed by atoms with Gasteiger partial charge in [-0.05, 0) is 0 Å². The van der Waals surface area contributed by atoms with Crippen molar-refractivity contribution in [1.29, 1.82) is 0 Å². The molecule has 0 radical (unpaired) electrons. The van der Waals surface area contributed by atoms with Crippen LogP contribution in [0.2, 0.25) is 0 Å². The highest BCUT2D eigenvalue weighted by atomic mass is 16.4. The summed E-state index contributed by atoms with van der Waals surface area (Å²) in [6.07, 6.45) is 6.78. The van der Waals surface area contributed by atoms with Crippen molar-refractivity contribution in [1.82, 2.24) is 4.90 Å². The second kappa shape index (κ2) is 8.43. The Bertz CT molecular complexity index is 281. The van der Waals surface area contributed by atoms with Crippen molar-refractivity contribution in [3.8, 4) is 0 Å². The molecule has 0 bridgehead atoms. The molecular weight excluding hydrogens is 210 g/mol. The monoisotopic (exact) mass is 225 g/mol. The Balaban J connectivity index is 4.11. The van der Waals surface area contributed by atoms with Crippen LogP contribution in [0.5, 0.6) is 0 Å². The third-order valence-electron chi connectivity index (χ3n) is 1.64. The highest BCUT2D eigenvalue weighted by Gasteiger charge is 1.98. The van der Waals surface area contributed by atoms with Gasteiger partial charge in [0, 0.05) is 31.8 Å². The summed E-state index contributed by atoms with van der Waals surface area (Å²) in [7, 11) is 0. The van der Waals surface area contributed by atoms with E-state index in [0.717, 1.165) is 12.2 Å². The molecule has 0 aromatic carbocycles. The SMILES string of the molecule is C=CCN(CC=CC(=O)O)CC=CC(=O)O. The van der Waals surface area contributed by atoms with Gasteiger partial charge in [-0.1, -0.05) is 18.2 Å². The van der Waals surface area contributed by atoms with Gasteiger partial charge in [0.15, 0.2) is 0 Å². The number of aliphatic carboxylic acids is 2. The summed E-state index contributed by atoms with van der Waals surface area (Å²) in [5.74, 6) is -2.00. The first-order valence-corrected chi connectivity index (χ1v) is 4.68. The lowest BCUT2D eigenvalue weighted by Gasteiger charge is -2.15. The van der Waals surface area contributed by atoms with Gasteiger partial charge in [0.05, 0.1) is 0 Å². The maximum atomic E-state index is 10.2. The van der Waals surface area contributed by atoms with Crippen LogP contribution in [0.25, 0.3) is 0 Å². The highest BCUT2D eigenvalue weighted by molar-refractivity contribution is 5.80. The van der Waals surface area contributed by atoms with Crippen LogP contribution >= 0.6 is 0 Å². The fourth-order valence-corrected chi connectivity index (χ4v) is 1.01. The number of carbonyl (C=O) groups is 2. The second-order valence-corrected chi connectivity index (χ2v) is 2.99. The van der Waals surface area contributed by atoms with Crippen LogP contribution in [0.3, 0.4) is 0 Å². The standard InChI is InChI=1S/C11H15NO4/c1-2-7-12(8-3-5-10(13)14)9-4-6-11(15)16/h2-6H,1,7-9H2,(H,13,14)(H,15,16). The Labute approximate surface area is 94.0 Å². The number of carboxylic acids is 2. The van der Waals surface area contributed by atoms with Gasteiger partial charge in [0.1, 0.15) is 0 Å². The molecule has 88 valence electrons. The van der Waals surface area contributed by atoms with E-state index in [-0.39, 0.29) is 0 Å². The molecule has 0 atom stereocenters. The number of carboxylic acid groups (broad SMARTS) is 2. The quantitative estimate of drug-likeness (QED) is 0.471. The molecule has 0 heterocycles. The minimum absolute atomic E-state index is 0.433. The molecule has 0 aliphatic heterocycles. The first-order chi connectivity index (χ1) is 7.56. The molecule has 0 aliphatic rings. The summed E-state index contributed by atoms with van der Waals surface area (Å²) in [4.78, 5) is 22.3. The van der Waals surface area contributed by atoms with Gasteiger partial charge in [-0.15, -0.1) is 6.58 Å². The lowest BCUT2D eigenvalue weighted by molar-refractivity contribution is -0.132. The number of hydrogen-bond acceptors (Lipinski definition) is 3. The molecule has 0 saturated carbocycles. The Hall–Kier alpha value is -1.88. The van der Waals surface area contributed by atoms with E-state index in [1.54, 1.807) is 6.08 Å². The summed E-state index contributed by atoms with van der Waals surface area (Å²) in [6, 6.07) is 0. The zero-order chi connectivity index (χ0) is 12.4. The van der Waals surface area contributed by atoms with Gasteiger partial charge < -0.3 is 10.2 Å². The highest BCUT2D eigenvalue weighted by Crippen LogP contribution is 1.91. The molecule has 0 fully saturated rings. The maximum absolute atomic E-state index is 10.2. The minimum Gasteiger partial charge on any atom is -0.478 e. The molecule has 2 N–H and O–H groups in total. The predicted molar refractivity (Wildman–Crippen MR) is 60.2 cm³/mol. The zero-order valence-corrected chi connectivity index (χ0v) is 8.87. The van der Waals surface area contributed by atoms with Crippen LogP contribution in [0.15, 0.2) is 37.0 Å². The van der Waals surface area contributed by atoms with Gasteiger partial charge >= 0.3 is 11.9 Å². The Morgan fingerprint density at radius 1 is 1.00 bits per heavy atom. The second-order valence-electron chi connectivity index (χ2n) is 2.99. The first-order valence-electron chi connectivity index (χ1n) is 4.68. The molecule has 0 unspecified atom stereocenters. The third kappa shape index (κ3) is 8.71. The van der Waals surface area contributed by atoms with Crippen LogP contribution in [0.1, 0.15) is 0 Å². The molecular formula is C11H15NO4. The molecule has 0 aromatic rings. The molecule has 0 spiro atoms. The van der Waals surface area contributed by atoms with E-state index in [4.69, 9.17) is 10.2 Å². The number of rotatable bonds is 8. The summed E-state index contributed by atoms with van der Waals surface area (Å²) in [5, 5.41) is 16.8. The zero-order valence-electron chi connectivity index (χ0n) is 8.87. The maximum Gasteiger partial charge on any atom is 0.328 e. The molecule has 0 saturated heterocycles. The van der Waals surface area contributed by atoms with Gasteiger partial charge in [0.2, 0.25) is 0 Å². The average Bonchev–Trinajstić information content (AvgIpc) is 2.16. The van der Waals surface area contributed by atoms with Crippen LogP contribution in [-0.4, -0.2) is 46.7 Å². The van der Waals surface area contributed by atoms with E-state index in [1.165, 1.54) is 12.2 Å². The number of hydrogen-bond donors (Lipinski definition) is 2. The van der Waals surface area contributed by atoms with Crippen molar-refractivity contribution < 1.29 is 19.8 Å². The van der Waals surface area contributed by atoms with Gasteiger partial charge in [-0.3, -0.25) is 4.90 Å². The lowest BCUT2D eigenvalue weighted by atomic mass is 10.4. The topological polar surface area (TPSA) is 77.8 Å². The van der Waals surface area contributed by atoms with Crippen molar-refractivity contribution in [3.05, 3.63) is 37.0 Å². The van der Waals surface area contributed by atoms with Crippen molar-refractivity contribution in [2.75, 3.05) is 19.6 Å². The van der Waals surface area contributed by atoms with Crippen molar-refractivity contribution in [2.45, 2.75) is 0 Å². The van der Waals surface area contributed by atoms with Crippen LogP contribution in [0, 0.1) is 0 Å². The van der Waals surface area contributed by atoms with E-state index in [1.807, 2.05) is 4.90 Å². The Morgan fingerprint density at radius 2 is 1.44 bits per heavy atom. The molecule has 5 heteroatoms. The Morgan fingerprint density at radius 3 is 1.75 bits per heavy atom. The van der Waals surface area contributed by atoms with E-state index in [0.29, 0.717) is 19.6 Å². The van der Waals surface area contributed by atoms with Crippen LogP contribution in [0.4, 0.5) is 0 Å². The minimum atomic E-state index is -1.00. The van der Waals surface area contributed by atoms with E-state index < -0.39 is 11.9 Å². The summed E-state index contributed by atoms with van der Waals surface area (Å²) in [6.45, 7) is 4.99. The van der Waals surface area contributed by atoms with E-state index in [2.05, 4.69) is 6.58 Å². The molecule has 0 aromatic heterocycles. The normalized spacial score (nSPS) is 11.3. The summed E-state index contributed by atoms with van der Waals surface area (Å²) in [5.41, 5.74) is 0. The fraction of sp³-hybridized carbons (Fsp3) is 0.273. The molecule has 0 aliphatic carbocycles. The first kappa shape index (κ1) is 14.1. The van der Waals surface area contributed by atoms with Gasteiger partial charge in [-0.25, -0.2) is 9.59 Å². The summed E-state index contributed by atoms with van der Waals surface area (Å²) < 4.78 is 0. The fourth-order valence-electron chi connectivity index (χ4n) is 1.01. The lowest BCUT2D eigenvalue weighted by Crippen LogP contribution is -2.24. The van der Waals surface area contributed by atoms with Crippen LogP contribution in [-0.2, 0) is 9.59 Å². The Kier molecular flexibility index (Phi) is 7.44. The van der Waals surface area contributed by atoms with Gasteiger partial charge in [-0.2, -0.15) is 0 Å². The molecule has 5 nitrogen and oxygen atoms in total. The van der Waals surface area contributed by atoms with Crippen molar-refractivity contribution >= 4 is 11.9 Å². The van der Waals surface area contributed by atoms with E-state index in [9.17, 15) is 9.59 Å². The molecule has 0 amide bonds. The third-order valence-corrected chi connectivity index (χ3v) is 1.64. The smallest absolute Gasteiger partial charge is 0.328 e. The largest absolute Gasteiger partial charge is 0.478 e. The van der Waals surface area contributed by atoms with Crippen molar-refractivity contribution in [3.63, 3.8) is 0 Å². The van der Waals surface area contributed by atoms with E-state index >= 15 is 0 Å². The number of nitrogens with zero attached hydrogens (tertiary/aromatic N) is 1. The summed E-state index contributed by atoms with van der Waals surface area (Å²) >= 11 is 0. The predicted octanol–water partition coefficient (Wildman–Crippen LogP) is 0.756. The van der Waals surface area contributed by atoms with Gasteiger partial charge in [0.25, 0.3) is 0 Å².